The minimum atomic E-state index is 0. The predicted molar refractivity (Wildman–Crippen MR) is 114 cm³/mol. The largest absolute Gasteiger partial charge is 2.00 e. The zero-order valence-corrected chi connectivity index (χ0v) is 20.1. The van der Waals surface area contributed by atoms with Crippen molar-refractivity contribution in [3.63, 3.8) is 0 Å². The molecule has 0 unspecified atom stereocenters. The van der Waals surface area contributed by atoms with Crippen molar-refractivity contribution in [1.29, 1.82) is 0 Å². The predicted octanol–water partition coefficient (Wildman–Crippen LogP) is 1.91. The molecule has 3 aromatic rings. The van der Waals surface area contributed by atoms with Gasteiger partial charge in [0.15, 0.2) is 0 Å². The Morgan fingerprint density at radius 2 is 1.34 bits per heavy atom. The number of halogens is 2. The molecule has 4 rings (SSSR count). The van der Waals surface area contributed by atoms with Gasteiger partial charge < -0.3 is 30.5 Å². The monoisotopic (exact) mass is 457 g/mol. The Bertz CT molecular complexity index is 1010. The summed E-state index contributed by atoms with van der Waals surface area (Å²) in [6.45, 7) is 11.0. The summed E-state index contributed by atoms with van der Waals surface area (Å²) in [5.41, 5.74) is 15.9. The molecule has 1 nitrogen and oxygen atoms in total. The third-order valence-corrected chi connectivity index (χ3v) is 5.24. The van der Waals surface area contributed by atoms with Crippen molar-refractivity contribution >= 4 is 22.0 Å². The van der Waals surface area contributed by atoms with Crippen molar-refractivity contribution in [3.8, 4) is 0 Å². The molecule has 0 aliphatic heterocycles. The van der Waals surface area contributed by atoms with Crippen molar-refractivity contribution < 1.29 is 46.5 Å². The van der Waals surface area contributed by atoms with Gasteiger partial charge in [-0.1, -0.05) is 76.7 Å². The Labute approximate surface area is 202 Å². The van der Waals surface area contributed by atoms with Crippen LogP contribution in [0, 0.1) is 6.92 Å². The van der Waals surface area contributed by atoms with Gasteiger partial charge in [0, 0.05) is 0 Å². The summed E-state index contributed by atoms with van der Waals surface area (Å²) < 4.78 is 0. The molecule has 0 heterocycles. The van der Waals surface area contributed by atoms with Gasteiger partial charge in [0.1, 0.15) is 0 Å². The number of rotatable bonds is 1. The third kappa shape index (κ3) is 6.17. The van der Waals surface area contributed by atoms with Gasteiger partial charge in [-0.2, -0.15) is 12.5 Å². The first-order valence-corrected chi connectivity index (χ1v) is 8.96. The van der Waals surface area contributed by atoms with Crippen LogP contribution in [-0.2, 0) is 21.7 Å². The maximum Gasteiger partial charge on any atom is 2.00 e. The van der Waals surface area contributed by atoms with Crippen LogP contribution in [-0.4, -0.2) is 0 Å². The second-order valence-electron chi connectivity index (χ2n) is 6.86. The van der Waals surface area contributed by atoms with Gasteiger partial charge in [-0.05, 0) is 32.8 Å². The maximum atomic E-state index is 7.00. The minimum absolute atomic E-state index is 0. The molecule has 0 atom stereocenters. The molecule has 0 spiro atoms. The quantitative estimate of drug-likeness (QED) is 0.393. The Balaban J connectivity index is 0.000000677. The van der Waals surface area contributed by atoms with E-state index in [0.717, 1.165) is 12.0 Å². The number of benzene rings is 3. The first kappa shape index (κ1) is 27.4. The first-order valence-electron chi connectivity index (χ1n) is 8.96. The summed E-state index contributed by atoms with van der Waals surface area (Å²) in [7, 11) is 0. The molecule has 3 aromatic carbocycles. The van der Waals surface area contributed by atoms with E-state index in [-0.39, 0.29) is 46.5 Å². The zero-order chi connectivity index (χ0) is 18.7. The summed E-state index contributed by atoms with van der Waals surface area (Å²) in [6.07, 6.45) is 1.07. The Kier molecular flexibility index (Phi) is 11.5. The van der Waals surface area contributed by atoms with Crippen LogP contribution >= 0.6 is 0 Å². The first-order chi connectivity index (χ1) is 12.5. The average Bonchev–Trinajstić information content (AvgIpc) is 2.91. The molecule has 0 saturated carbocycles. The standard InChI is InChI=1S/C19H19.C6H6N.2ClH.Ti/c1-12-11-19(14(3)13(12)2)18-10-9-16-7-5-6-8-17(16)15(18)4;7-6-4-2-1-3-5-6;;;/h5-10H,4,11H2,1-3H3;1-5,7H;2*1H;/q2*-1;;;+2/p-2. The van der Waals surface area contributed by atoms with E-state index in [1.165, 1.54) is 38.6 Å². The van der Waals surface area contributed by atoms with E-state index >= 15 is 0 Å². The van der Waals surface area contributed by atoms with E-state index in [4.69, 9.17) is 5.73 Å². The van der Waals surface area contributed by atoms with E-state index < -0.39 is 0 Å². The van der Waals surface area contributed by atoms with Crippen LogP contribution in [0.25, 0.3) is 22.1 Å². The summed E-state index contributed by atoms with van der Waals surface area (Å²) in [5, 5.41) is 2.54. The fourth-order valence-electron chi connectivity index (χ4n) is 3.43. The van der Waals surface area contributed by atoms with Crippen LogP contribution in [0.3, 0.4) is 0 Å². The minimum Gasteiger partial charge on any atom is -1.00 e. The van der Waals surface area contributed by atoms with Gasteiger partial charge in [-0.15, -0.1) is 28.8 Å². The van der Waals surface area contributed by atoms with Crippen LogP contribution in [0.5, 0.6) is 0 Å². The van der Waals surface area contributed by atoms with Gasteiger partial charge in [-0.3, -0.25) is 0 Å². The normalized spacial score (nSPS) is 12.4. The van der Waals surface area contributed by atoms with Crippen molar-refractivity contribution in [2.75, 3.05) is 0 Å². The Hall–Kier alpha value is -1.64. The summed E-state index contributed by atoms with van der Waals surface area (Å²) >= 11 is 0. The molecule has 0 amide bonds. The SMILES string of the molecule is [CH2-]c1c(C2=C(C)C(C)=C(C)C2)ccc2ccccc12.[Cl-].[Cl-].[NH-]c1ccccc1.[Ti+2]. The number of fused-ring (bicyclic) bond motifs is 1. The Morgan fingerprint density at radius 3 is 1.86 bits per heavy atom. The maximum absolute atomic E-state index is 7.00. The van der Waals surface area contributed by atoms with E-state index in [0.29, 0.717) is 5.69 Å². The van der Waals surface area contributed by atoms with Crippen molar-refractivity contribution in [2.45, 2.75) is 27.2 Å². The second-order valence-corrected chi connectivity index (χ2v) is 6.86. The fraction of sp³-hybridized carbons (Fsp3) is 0.160. The molecule has 1 N–H and O–H groups in total. The van der Waals surface area contributed by atoms with Gasteiger partial charge >= 0.3 is 21.7 Å². The van der Waals surface area contributed by atoms with E-state index in [2.05, 4.69) is 64.1 Å². The topological polar surface area (TPSA) is 23.8 Å². The molecule has 4 heteroatoms. The van der Waals surface area contributed by atoms with Crippen LogP contribution in [0.15, 0.2) is 83.4 Å². The van der Waals surface area contributed by atoms with E-state index in [1.807, 2.05) is 18.2 Å². The van der Waals surface area contributed by atoms with E-state index in [1.54, 1.807) is 12.1 Å². The number of hydrogen-bond donors (Lipinski definition) is 0. The zero-order valence-electron chi connectivity index (χ0n) is 17.0. The summed E-state index contributed by atoms with van der Waals surface area (Å²) in [6, 6.07) is 22.0. The van der Waals surface area contributed by atoms with Crippen LogP contribution < -0.4 is 24.8 Å². The molecule has 0 radical (unpaired) electrons. The molecule has 1 aliphatic rings. The third-order valence-electron chi connectivity index (χ3n) is 5.24. The molecular formula is C25H25Cl2NTi-2. The van der Waals surface area contributed by atoms with Gasteiger partial charge in [0.2, 0.25) is 0 Å². The molecule has 0 aromatic heterocycles. The van der Waals surface area contributed by atoms with Gasteiger partial charge in [0.05, 0.1) is 0 Å². The average molecular weight is 458 g/mol. The Morgan fingerprint density at radius 1 is 0.759 bits per heavy atom. The van der Waals surface area contributed by atoms with Crippen LogP contribution in [0.2, 0.25) is 0 Å². The molecule has 29 heavy (non-hydrogen) atoms. The van der Waals surface area contributed by atoms with Crippen LogP contribution in [0.1, 0.15) is 38.3 Å². The molecule has 1 aliphatic carbocycles. The van der Waals surface area contributed by atoms with Crippen LogP contribution in [0.4, 0.5) is 5.69 Å². The van der Waals surface area contributed by atoms with Crippen molar-refractivity contribution in [1.82, 2.24) is 0 Å². The molecular weight excluding hydrogens is 433 g/mol. The van der Waals surface area contributed by atoms with Crippen molar-refractivity contribution in [3.05, 3.63) is 107 Å². The number of nitrogens with one attached hydrogen (secondary N) is 1. The van der Waals surface area contributed by atoms with E-state index in [9.17, 15) is 0 Å². The second kappa shape index (κ2) is 12.1. The van der Waals surface area contributed by atoms with Crippen molar-refractivity contribution in [2.24, 2.45) is 0 Å². The molecule has 0 fully saturated rings. The molecule has 0 bridgehead atoms. The summed E-state index contributed by atoms with van der Waals surface area (Å²) in [5.74, 6) is 0. The smallest absolute Gasteiger partial charge is 1.00 e. The van der Waals surface area contributed by atoms with Gasteiger partial charge in [-0.25, -0.2) is 0 Å². The molecule has 150 valence electrons. The number of allylic oxidation sites excluding steroid dienone is 4. The van der Waals surface area contributed by atoms with Gasteiger partial charge in [0.25, 0.3) is 0 Å². The summed E-state index contributed by atoms with van der Waals surface area (Å²) in [4.78, 5) is 0. The fourth-order valence-corrected chi connectivity index (χ4v) is 3.43. The number of hydrogen-bond acceptors (Lipinski definition) is 0. The molecule has 0 saturated heterocycles.